The molecule has 5 rings (SSSR count). The van der Waals surface area contributed by atoms with Crippen molar-refractivity contribution < 1.29 is 22.9 Å². The molecule has 1 saturated carbocycles. The van der Waals surface area contributed by atoms with Crippen molar-refractivity contribution in [2.24, 2.45) is 5.92 Å². The lowest BCUT2D eigenvalue weighted by molar-refractivity contribution is -0.939. The second-order valence-electron chi connectivity index (χ2n) is 6.59. The Bertz CT molecular complexity index is 587. The van der Waals surface area contributed by atoms with Gasteiger partial charge < -0.3 is 4.90 Å². The molecule has 2 bridgehead atoms. The molecule has 4 aliphatic rings. The number of hydrogen-bond donors (Lipinski definition) is 1. The van der Waals surface area contributed by atoms with Crippen LogP contribution < -0.4 is 4.90 Å². The van der Waals surface area contributed by atoms with Crippen molar-refractivity contribution in [1.29, 1.82) is 0 Å². The Morgan fingerprint density at radius 1 is 1.10 bits per heavy atom. The van der Waals surface area contributed by atoms with Crippen LogP contribution in [-0.4, -0.2) is 24.4 Å². The van der Waals surface area contributed by atoms with Crippen molar-refractivity contribution in [1.82, 2.24) is 0 Å². The molecule has 3 saturated heterocycles. The number of Topliss-reactive ketones (excluding diaryl/α,β-unsaturated/α-hetero) is 1. The summed E-state index contributed by atoms with van der Waals surface area (Å²) in [6.45, 7) is 2.07. The molecule has 112 valence electrons. The molecule has 1 aliphatic carbocycles. The number of benzene rings is 1. The van der Waals surface area contributed by atoms with Gasteiger partial charge in [-0.15, -0.1) is 0 Å². The Kier molecular flexibility index (Phi) is 2.60. The van der Waals surface area contributed by atoms with Crippen LogP contribution in [-0.2, 0) is 11.0 Å². The largest absolute Gasteiger partial charge is 0.416 e. The number of carbonyl (C=O) groups is 1. The number of fused-ring (bicyclic) bond motifs is 2. The fraction of sp³-hybridized carbons (Fsp3) is 0.562. The summed E-state index contributed by atoms with van der Waals surface area (Å²) in [6.07, 6.45) is -1.53. The van der Waals surface area contributed by atoms with Gasteiger partial charge in [-0.3, -0.25) is 4.79 Å². The van der Waals surface area contributed by atoms with Gasteiger partial charge in [0.25, 0.3) is 0 Å². The fourth-order valence-electron chi connectivity index (χ4n) is 4.45. The number of nitrogens with one attached hydrogen (secondary N) is 1. The first-order chi connectivity index (χ1) is 9.93. The number of ketones is 1. The van der Waals surface area contributed by atoms with Crippen molar-refractivity contribution in [3.63, 3.8) is 0 Å². The van der Waals surface area contributed by atoms with E-state index in [1.54, 1.807) is 12.1 Å². The van der Waals surface area contributed by atoms with Crippen LogP contribution in [0.1, 0.15) is 36.3 Å². The van der Waals surface area contributed by atoms with E-state index in [0.717, 1.165) is 50.0 Å². The van der Waals surface area contributed by atoms with Crippen molar-refractivity contribution >= 4 is 5.78 Å². The summed E-state index contributed by atoms with van der Waals surface area (Å²) in [6, 6.07) is 5.38. The molecule has 0 aromatic heterocycles. The summed E-state index contributed by atoms with van der Waals surface area (Å²) in [4.78, 5) is 13.9. The molecule has 2 atom stereocenters. The van der Waals surface area contributed by atoms with E-state index < -0.39 is 11.7 Å². The van der Waals surface area contributed by atoms with E-state index in [1.165, 1.54) is 4.90 Å². The normalized spacial score (nSPS) is 38.0. The Hall–Kier alpha value is -1.36. The summed E-state index contributed by atoms with van der Waals surface area (Å²) in [5.74, 6) is 0.673. The van der Waals surface area contributed by atoms with Gasteiger partial charge in [-0.2, -0.15) is 13.2 Å². The summed E-state index contributed by atoms with van der Waals surface area (Å²) in [5.41, 5.74) is -0.0394. The molecule has 0 unspecified atom stereocenters. The molecule has 1 N–H and O–H groups in total. The maximum absolute atomic E-state index is 12.6. The Balaban J connectivity index is 1.61. The Labute approximate surface area is 120 Å². The first-order valence-electron chi connectivity index (χ1n) is 7.49. The lowest BCUT2D eigenvalue weighted by atomic mass is 9.79. The van der Waals surface area contributed by atoms with Gasteiger partial charge in [0.15, 0.2) is 11.3 Å². The van der Waals surface area contributed by atoms with E-state index in [9.17, 15) is 18.0 Å². The van der Waals surface area contributed by atoms with Crippen molar-refractivity contribution in [2.75, 3.05) is 13.1 Å². The molecule has 1 aromatic rings. The van der Waals surface area contributed by atoms with Crippen molar-refractivity contribution in [3.8, 4) is 0 Å². The zero-order chi connectivity index (χ0) is 14.8. The zero-order valence-corrected chi connectivity index (χ0v) is 11.5. The number of piperidine rings is 3. The van der Waals surface area contributed by atoms with Crippen molar-refractivity contribution in [3.05, 3.63) is 35.4 Å². The first-order valence-corrected chi connectivity index (χ1v) is 7.49. The van der Waals surface area contributed by atoms with E-state index in [2.05, 4.69) is 0 Å². The minimum atomic E-state index is -4.30. The SMILES string of the molecule is O=C1C2CC[NH+](CC2)[C@]12C[C@H]2c1ccc(C(F)(F)F)cc1. The summed E-state index contributed by atoms with van der Waals surface area (Å²) < 4.78 is 37.8. The fourth-order valence-corrected chi connectivity index (χ4v) is 4.45. The van der Waals surface area contributed by atoms with Gasteiger partial charge in [0.05, 0.1) is 24.6 Å². The predicted molar refractivity (Wildman–Crippen MR) is 70.0 cm³/mol. The summed E-state index contributed by atoms with van der Waals surface area (Å²) >= 11 is 0. The molecule has 2 nitrogen and oxygen atoms in total. The molecule has 5 heteroatoms. The van der Waals surface area contributed by atoms with Crippen LogP contribution in [0.25, 0.3) is 0 Å². The number of alkyl halides is 3. The molecule has 3 heterocycles. The van der Waals surface area contributed by atoms with E-state index >= 15 is 0 Å². The zero-order valence-electron chi connectivity index (χ0n) is 11.5. The first kappa shape index (κ1) is 13.3. The van der Waals surface area contributed by atoms with Crippen LogP contribution in [0.15, 0.2) is 24.3 Å². The number of carbonyl (C=O) groups excluding carboxylic acids is 1. The number of hydrogen-bond acceptors (Lipinski definition) is 1. The summed E-state index contributed by atoms with van der Waals surface area (Å²) in [5, 5.41) is 0. The lowest BCUT2D eigenvalue weighted by Crippen LogP contribution is -3.22. The van der Waals surface area contributed by atoms with E-state index in [4.69, 9.17) is 0 Å². The smallest absolute Gasteiger partial charge is 0.323 e. The van der Waals surface area contributed by atoms with Gasteiger partial charge in [0.1, 0.15) is 0 Å². The minimum absolute atomic E-state index is 0.116. The number of quaternary nitrogens is 1. The Morgan fingerprint density at radius 3 is 2.24 bits per heavy atom. The van der Waals surface area contributed by atoms with Gasteiger partial charge in [-0.1, -0.05) is 12.1 Å². The quantitative estimate of drug-likeness (QED) is 0.838. The second kappa shape index (κ2) is 4.09. The molecule has 21 heavy (non-hydrogen) atoms. The van der Waals surface area contributed by atoms with Crippen LogP contribution in [0.2, 0.25) is 0 Å². The van der Waals surface area contributed by atoms with Crippen LogP contribution in [0, 0.1) is 5.92 Å². The highest BCUT2D eigenvalue weighted by Crippen LogP contribution is 2.53. The molecule has 1 spiro atoms. The van der Waals surface area contributed by atoms with E-state index in [-0.39, 0.29) is 17.4 Å². The molecule has 0 amide bonds. The monoisotopic (exact) mass is 296 g/mol. The summed E-state index contributed by atoms with van der Waals surface area (Å²) in [7, 11) is 0. The highest BCUT2D eigenvalue weighted by molar-refractivity contribution is 5.94. The van der Waals surface area contributed by atoms with Crippen molar-refractivity contribution in [2.45, 2.75) is 36.9 Å². The Morgan fingerprint density at radius 2 is 1.71 bits per heavy atom. The average molecular weight is 296 g/mol. The molecule has 3 aliphatic heterocycles. The highest BCUT2D eigenvalue weighted by Gasteiger charge is 2.72. The molecule has 0 radical (unpaired) electrons. The molecule has 1 aromatic carbocycles. The molecule has 4 fully saturated rings. The third-order valence-corrected chi connectivity index (χ3v) is 5.63. The maximum Gasteiger partial charge on any atom is 0.416 e. The van der Waals surface area contributed by atoms with Gasteiger partial charge in [0.2, 0.25) is 0 Å². The molecular formula is C16H17F3NO+. The number of halogens is 3. The topological polar surface area (TPSA) is 21.5 Å². The third-order valence-electron chi connectivity index (χ3n) is 5.63. The second-order valence-corrected chi connectivity index (χ2v) is 6.59. The predicted octanol–water partition coefficient (Wildman–Crippen LogP) is 1.81. The van der Waals surface area contributed by atoms with E-state index in [1.807, 2.05) is 0 Å². The average Bonchev–Trinajstić information content (AvgIpc) is 3.20. The van der Waals surface area contributed by atoms with E-state index in [0.29, 0.717) is 5.78 Å². The van der Waals surface area contributed by atoms with Crippen LogP contribution >= 0.6 is 0 Å². The van der Waals surface area contributed by atoms with Crippen LogP contribution in [0.4, 0.5) is 13.2 Å². The van der Waals surface area contributed by atoms with Gasteiger partial charge in [-0.05, 0) is 17.7 Å². The van der Waals surface area contributed by atoms with Crippen LogP contribution in [0.3, 0.4) is 0 Å². The standard InChI is InChI=1S/C16H16F3NO/c17-16(18,19)12-3-1-10(2-4-12)13-9-15(13)14(21)11-5-7-20(15)8-6-11/h1-4,11,13H,5-9H2/p+1/t13-,15-/m0/s1. The minimum Gasteiger partial charge on any atom is -0.323 e. The van der Waals surface area contributed by atoms with Crippen LogP contribution in [0.5, 0.6) is 0 Å². The third kappa shape index (κ3) is 1.79. The highest BCUT2D eigenvalue weighted by atomic mass is 19.4. The van der Waals surface area contributed by atoms with Gasteiger partial charge >= 0.3 is 6.18 Å². The van der Waals surface area contributed by atoms with Gasteiger partial charge in [-0.25, -0.2) is 0 Å². The molecular weight excluding hydrogens is 279 g/mol. The number of rotatable bonds is 1. The lowest BCUT2D eigenvalue weighted by Gasteiger charge is -2.42. The maximum atomic E-state index is 12.6. The van der Waals surface area contributed by atoms with Gasteiger partial charge in [0, 0.05) is 25.2 Å².